The second kappa shape index (κ2) is 6.21. The van der Waals surface area contributed by atoms with E-state index in [9.17, 15) is 0 Å². The predicted octanol–water partition coefficient (Wildman–Crippen LogP) is 5.99. The highest BCUT2D eigenvalue weighted by molar-refractivity contribution is 6.88. The summed E-state index contributed by atoms with van der Waals surface area (Å²) < 4.78 is 0. The average Bonchev–Trinajstić information content (AvgIpc) is 2.99. The van der Waals surface area contributed by atoms with Gasteiger partial charge in [0.05, 0.1) is 13.8 Å². The Balaban J connectivity index is 1.77. The molecule has 26 heavy (non-hydrogen) atoms. The molecular weight excluding hydrogens is 330 g/mol. The maximum atomic E-state index is 4.77. The fourth-order valence-corrected chi connectivity index (χ4v) is 5.03. The Kier molecular flexibility index (Phi) is 4.11. The molecule has 0 saturated heterocycles. The number of fused-ring (bicyclic) bond motifs is 3. The minimum atomic E-state index is -1.29. The second-order valence-electron chi connectivity index (χ2n) is 8.76. The SMILES string of the molecule is CC(C)c1ccc(-c2cccc3c2Cc2cc([Si](C)(C)C)ccc2-3)nc1. The van der Waals surface area contributed by atoms with E-state index in [1.807, 2.05) is 6.20 Å². The zero-order valence-electron chi connectivity index (χ0n) is 16.4. The first kappa shape index (κ1) is 17.2. The molecule has 0 aliphatic heterocycles. The van der Waals surface area contributed by atoms with E-state index in [4.69, 9.17) is 4.98 Å². The van der Waals surface area contributed by atoms with Crippen LogP contribution in [0.15, 0.2) is 54.7 Å². The molecule has 0 amide bonds. The van der Waals surface area contributed by atoms with Crippen LogP contribution in [0, 0.1) is 0 Å². The van der Waals surface area contributed by atoms with Crippen molar-refractivity contribution in [2.24, 2.45) is 0 Å². The van der Waals surface area contributed by atoms with Crippen LogP contribution in [0.5, 0.6) is 0 Å². The Morgan fingerprint density at radius 1 is 0.885 bits per heavy atom. The highest BCUT2D eigenvalue weighted by atomic mass is 28.3. The first-order valence-electron chi connectivity index (χ1n) is 9.56. The minimum Gasteiger partial charge on any atom is -0.256 e. The molecule has 1 heterocycles. The molecule has 0 spiro atoms. The molecule has 0 radical (unpaired) electrons. The highest BCUT2D eigenvalue weighted by Gasteiger charge is 2.24. The Labute approximate surface area is 158 Å². The van der Waals surface area contributed by atoms with E-state index < -0.39 is 8.07 Å². The van der Waals surface area contributed by atoms with Gasteiger partial charge in [-0.15, -0.1) is 0 Å². The maximum Gasteiger partial charge on any atom is 0.0776 e. The molecule has 2 heteroatoms. The van der Waals surface area contributed by atoms with Crippen LogP contribution >= 0.6 is 0 Å². The average molecular weight is 358 g/mol. The van der Waals surface area contributed by atoms with Gasteiger partial charge in [-0.3, -0.25) is 4.98 Å². The van der Waals surface area contributed by atoms with Crippen LogP contribution in [-0.4, -0.2) is 13.1 Å². The van der Waals surface area contributed by atoms with Gasteiger partial charge in [0.15, 0.2) is 0 Å². The Hall–Kier alpha value is -2.19. The van der Waals surface area contributed by atoms with Crippen molar-refractivity contribution in [1.82, 2.24) is 4.98 Å². The molecule has 4 rings (SSSR count). The lowest BCUT2D eigenvalue weighted by molar-refractivity contribution is 0.859. The molecule has 0 N–H and O–H groups in total. The fourth-order valence-electron chi connectivity index (χ4n) is 3.84. The molecule has 0 bridgehead atoms. The lowest BCUT2D eigenvalue weighted by Crippen LogP contribution is -2.37. The fraction of sp³-hybridized carbons (Fsp3) is 0.292. The van der Waals surface area contributed by atoms with E-state index in [1.165, 1.54) is 33.4 Å². The third-order valence-electron chi connectivity index (χ3n) is 5.53. The van der Waals surface area contributed by atoms with Gasteiger partial charge in [0, 0.05) is 11.8 Å². The molecule has 1 aliphatic carbocycles. The van der Waals surface area contributed by atoms with Gasteiger partial charge in [0.25, 0.3) is 0 Å². The lowest BCUT2D eigenvalue weighted by atomic mass is 9.97. The van der Waals surface area contributed by atoms with E-state index in [2.05, 4.69) is 82.0 Å². The van der Waals surface area contributed by atoms with E-state index in [0.717, 1.165) is 12.1 Å². The van der Waals surface area contributed by atoms with Crippen LogP contribution < -0.4 is 5.19 Å². The van der Waals surface area contributed by atoms with Gasteiger partial charge in [-0.2, -0.15) is 0 Å². The van der Waals surface area contributed by atoms with Gasteiger partial charge < -0.3 is 0 Å². The zero-order chi connectivity index (χ0) is 18.5. The van der Waals surface area contributed by atoms with Crippen molar-refractivity contribution in [2.75, 3.05) is 0 Å². The van der Waals surface area contributed by atoms with E-state index >= 15 is 0 Å². The molecule has 1 aromatic heterocycles. The molecule has 0 unspecified atom stereocenters. The van der Waals surface area contributed by atoms with Crippen molar-refractivity contribution in [1.29, 1.82) is 0 Å². The molecule has 0 fully saturated rings. The minimum absolute atomic E-state index is 0.516. The molecule has 132 valence electrons. The number of nitrogens with zero attached hydrogens (tertiary/aromatic N) is 1. The van der Waals surface area contributed by atoms with Crippen molar-refractivity contribution in [2.45, 2.75) is 45.8 Å². The third-order valence-corrected chi connectivity index (χ3v) is 7.58. The van der Waals surface area contributed by atoms with Crippen LogP contribution in [0.3, 0.4) is 0 Å². The largest absolute Gasteiger partial charge is 0.256 e. The van der Waals surface area contributed by atoms with Gasteiger partial charge in [-0.05, 0) is 46.2 Å². The predicted molar refractivity (Wildman–Crippen MR) is 115 cm³/mol. The van der Waals surface area contributed by atoms with Gasteiger partial charge in [-0.25, -0.2) is 0 Å². The van der Waals surface area contributed by atoms with Crippen molar-refractivity contribution in [3.63, 3.8) is 0 Å². The van der Waals surface area contributed by atoms with Gasteiger partial charge in [0.1, 0.15) is 0 Å². The van der Waals surface area contributed by atoms with Crippen LogP contribution in [0.25, 0.3) is 22.4 Å². The Morgan fingerprint density at radius 2 is 1.65 bits per heavy atom. The third kappa shape index (κ3) is 2.93. The summed E-state index contributed by atoms with van der Waals surface area (Å²) in [6.07, 6.45) is 3.05. The van der Waals surface area contributed by atoms with Gasteiger partial charge >= 0.3 is 0 Å². The molecule has 0 saturated carbocycles. The Bertz CT molecular complexity index is 962. The molecule has 0 atom stereocenters. The van der Waals surface area contributed by atoms with Crippen molar-refractivity contribution >= 4 is 13.3 Å². The molecule has 2 aromatic carbocycles. The summed E-state index contributed by atoms with van der Waals surface area (Å²) in [5, 5.41) is 1.55. The molecule has 3 aromatic rings. The van der Waals surface area contributed by atoms with E-state index in [-0.39, 0.29) is 0 Å². The van der Waals surface area contributed by atoms with Crippen LogP contribution in [0.4, 0.5) is 0 Å². The summed E-state index contributed by atoms with van der Waals surface area (Å²) in [5.74, 6) is 0.516. The van der Waals surface area contributed by atoms with Crippen molar-refractivity contribution < 1.29 is 0 Å². The first-order valence-corrected chi connectivity index (χ1v) is 13.1. The quantitative estimate of drug-likeness (QED) is 0.410. The highest BCUT2D eigenvalue weighted by Crippen LogP contribution is 2.41. The number of hydrogen-bond acceptors (Lipinski definition) is 1. The standard InChI is InChI=1S/C24H27NSi/c1-16(2)17-9-12-24(25-15-17)22-8-6-7-21-20-11-10-19(26(3,4)5)13-18(20)14-23(21)22/h6-13,15-16H,14H2,1-5H3. The van der Waals surface area contributed by atoms with Crippen LogP contribution in [0.2, 0.25) is 19.6 Å². The topological polar surface area (TPSA) is 12.9 Å². The monoisotopic (exact) mass is 357 g/mol. The number of benzene rings is 2. The Morgan fingerprint density at radius 3 is 2.31 bits per heavy atom. The maximum absolute atomic E-state index is 4.77. The molecular formula is C24H27NSi. The van der Waals surface area contributed by atoms with Gasteiger partial charge in [0.2, 0.25) is 0 Å². The summed E-state index contributed by atoms with van der Waals surface area (Å²) in [6, 6.07) is 18.2. The van der Waals surface area contributed by atoms with Crippen molar-refractivity contribution in [3.05, 3.63) is 71.4 Å². The summed E-state index contributed by atoms with van der Waals surface area (Å²) >= 11 is 0. The molecule has 1 nitrogen and oxygen atoms in total. The summed E-state index contributed by atoms with van der Waals surface area (Å²) in [5.41, 5.74) is 9.36. The smallest absolute Gasteiger partial charge is 0.0776 e. The summed E-state index contributed by atoms with van der Waals surface area (Å²) in [4.78, 5) is 4.77. The normalized spacial score (nSPS) is 13.0. The first-order chi connectivity index (χ1) is 12.3. The summed E-state index contributed by atoms with van der Waals surface area (Å²) in [7, 11) is -1.29. The van der Waals surface area contributed by atoms with E-state index in [0.29, 0.717) is 5.92 Å². The number of rotatable bonds is 3. The zero-order valence-corrected chi connectivity index (χ0v) is 17.4. The number of pyridine rings is 1. The van der Waals surface area contributed by atoms with Crippen molar-refractivity contribution in [3.8, 4) is 22.4 Å². The summed E-state index contributed by atoms with van der Waals surface area (Å²) in [6.45, 7) is 11.7. The molecule has 1 aliphatic rings. The number of aromatic nitrogens is 1. The second-order valence-corrected chi connectivity index (χ2v) is 13.8. The van der Waals surface area contributed by atoms with Crippen LogP contribution in [-0.2, 0) is 6.42 Å². The lowest BCUT2D eigenvalue weighted by Gasteiger charge is -2.17. The van der Waals surface area contributed by atoms with E-state index in [1.54, 1.807) is 5.19 Å². The number of hydrogen-bond donors (Lipinski definition) is 0. The van der Waals surface area contributed by atoms with Crippen LogP contribution in [0.1, 0.15) is 36.5 Å². The van der Waals surface area contributed by atoms with Gasteiger partial charge in [-0.1, -0.05) is 81.1 Å².